The van der Waals surface area contributed by atoms with Gasteiger partial charge in [-0.25, -0.2) is 0 Å². The molecule has 1 aromatic carbocycles. The van der Waals surface area contributed by atoms with Gasteiger partial charge in [-0.1, -0.05) is 52.2 Å². The van der Waals surface area contributed by atoms with Gasteiger partial charge in [0.1, 0.15) is 0 Å². The van der Waals surface area contributed by atoms with E-state index in [0.29, 0.717) is 12.3 Å². The highest BCUT2D eigenvalue weighted by atomic mass is 32.2. The number of Topliss-reactive ketones (excluding diaryl/α,β-unsaturated/α-hetero) is 1. The first-order valence-corrected chi connectivity index (χ1v) is 8.38. The van der Waals surface area contributed by atoms with Crippen molar-refractivity contribution >= 4 is 17.5 Å². The summed E-state index contributed by atoms with van der Waals surface area (Å²) < 4.78 is 0. The molecule has 0 saturated carbocycles. The van der Waals surface area contributed by atoms with Crippen LogP contribution in [0.15, 0.2) is 29.2 Å². The predicted octanol–water partition coefficient (Wildman–Crippen LogP) is 5.59. The molecular weight excluding hydrogens is 252 g/mol. The molecule has 0 aromatic heterocycles. The Labute approximate surface area is 122 Å². The standard InChI is InChI=1S/C17H26OS/c1-4-5-6-7-12-19-16-10-8-15(9-11-16)17(18)13-14(2)3/h8-11,14H,4-7,12-13H2,1-3H3. The fourth-order valence-electron chi connectivity index (χ4n) is 1.94. The summed E-state index contributed by atoms with van der Waals surface area (Å²) in [5.41, 5.74) is 0.851. The van der Waals surface area contributed by atoms with Gasteiger partial charge < -0.3 is 0 Å². The zero-order chi connectivity index (χ0) is 14.1. The van der Waals surface area contributed by atoms with E-state index < -0.39 is 0 Å². The van der Waals surface area contributed by atoms with E-state index in [0.717, 1.165) is 5.56 Å². The monoisotopic (exact) mass is 278 g/mol. The summed E-state index contributed by atoms with van der Waals surface area (Å²) in [6, 6.07) is 8.11. The average molecular weight is 278 g/mol. The number of unbranched alkanes of at least 4 members (excludes halogenated alkanes) is 3. The third kappa shape index (κ3) is 6.81. The molecule has 0 aliphatic rings. The number of benzene rings is 1. The molecule has 0 saturated heterocycles. The van der Waals surface area contributed by atoms with Crippen LogP contribution in [0.4, 0.5) is 0 Å². The first-order valence-electron chi connectivity index (χ1n) is 7.39. The number of carbonyl (C=O) groups excluding carboxylic acids is 1. The van der Waals surface area contributed by atoms with Gasteiger partial charge in [-0.15, -0.1) is 11.8 Å². The van der Waals surface area contributed by atoms with Crippen molar-refractivity contribution in [2.75, 3.05) is 5.75 Å². The Hall–Kier alpha value is -0.760. The van der Waals surface area contributed by atoms with Gasteiger partial charge in [-0.3, -0.25) is 4.79 Å². The Morgan fingerprint density at radius 1 is 1.11 bits per heavy atom. The maximum absolute atomic E-state index is 11.9. The van der Waals surface area contributed by atoms with E-state index in [4.69, 9.17) is 0 Å². The van der Waals surface area contributed by atoms with E-state index in [1.54, 1.807) is 0 Å². The van der Waals surface area contributed by atoms with Crippen molar-refractivity contribution in [1.82, 2.24) is 0 Å². The Morgan fingerprint density at radius 3 is 2.37 bits per heavy atom. The normalized spacial score (nSPS) is 10.9. The highest BCUT2D eigenvalue weighted by molar-refractivity contribution is 7.99. The predicted molar refractivity (Wildman–Crippen MR) is 85.1 cm³/mol. The summed E-state index contributed by atoms with van der Waals surface area (Å²) in [7, 11) is 0. The number of ketones is 1. The van der Waals surface area contributed by atoms with Crippen LogP contribution in [-0.2, 0) is 0 Å². The van der Waals surface area contributed by atoms with Crippen LogP contribution in [0.25, 0.3) is 0 Å². The molecule has 0 unspecified atom stereocenters. The van der Waals surface area contributed by atoms with Crippen LogP contribution in [-0.4, -0.2) is 11.5 Å². The van der Waals surface area contributed by atoms with Crippen molar-refractivity contribution in [3.63, 3.8) is 0 Å². The smallest absolute Gasteiger partial charge is 0.163 e. The Balaban J connectivity index is 2.37. The summed E-state index contributed by atoms with van der Waals surface area (Å²) in [4.78, 5) is 13.2. The van der Waals surface area contributed by atoms with Crippen LogP contribution in [0.2, 0.25) is 0 Å². The highest BCUT2D eigenvalue weighted by Crippen LogP contribution is 2.21. The molecule has 2 heteroatoms. The van der Waals surface area contributed by atoms with Gasteiger partial charge in [0.25, 0.3) is 0 Å². The summed E-state index contributed by atoms with van der Waals surface area (Å²) in [5, 5.41) is 0. The van der Waals surface area contributed by atoms with Crippen molar-refractivity contribution in [1.29, 1.82) is 0 Å². The third-order valence-corrected chi connectivity index (χ3v) is 4.13. The van der Waals surface area contributed by atoms with Crippen molar-refractivity contribution in [2.24, 2.45) is 5.92 Å². The first kappa shape index (κ1) is 16.3. The first-order chi connectivity index (χ1) is 9.13. The van der Waals surface area contributed by atoms with Gasteiger partial charge in [-0.05, 0) is 30.2 Å². The Bertz CT molecular complexity index is 367. The molecule has 1 rings (SSSR count). The number of thioether (sulfide) groups is 1. The lowest BCUT2D eigenvalue weighted by Gasteiger charge is -2.05. The zero-order valence-electron chi connectivity index (χ0n) is 12.4. The van der Waals surface area contributed by atoms with Crippen LogP contribution in [0, 0.1) is 5.92 Å². The lowest BCUT2D eigenvalue weighted by molar-refractivity contribution is 0.0968. The molecule has 0 aliphatic carbocycles. The average Bonchev–Trinajstić information content (AvgIpc) is 2.38. The fourth-order valence-corrected chi connectivity index (χ4v) is 2.86. The lowest BCUT2D eigenvalue weighted by Crippen LogP contribution is -2.03. The molecule has 0 N–H and O–H groups in total. The van der Waals surface area contributed by atoms with Gasteiger partial charge in [-0.2, -0.15) is 0 Å². The largest absolute Gasteiger partial charge is 0.294 e. The molecule has 0 spiro atoms. The quantitative estimate of drug-likeness (QED) is 0.333. The summed E-state index contributed by atoms with van der Waals surface area (Å²) in [6.07, 6.45) is 5.88. The summed E-state index contributed by atoms with van der Waals surface area (Å²) in [6.45, 7) is 6.40. The Kier molecular flexibility index (Phi) is 7.88. The van der Waals surface area contributed by atoms with Gasteiger partial charge in [0.15, 0.2) is 5.78 Å². The van der Waals surface area contributed by atoms with Crippen LogP contribution in [0.1, 0.15) is 63.2 Å². The van der Waals surface area contributed by atoms with Crippen molar-refractivity contribution in [3.8, 4) is 0 Å². The van der Waals surface area contributed by atoms with Gasteiger partial charge in [0.05, 0.1) is 0 Å². The highest BCUT2D eigenvalue weighted by Gasteiger charge is 2.07. The minimum atomic E-state index is 0.259. The molecule has 0 atom stereocenters. The van der Waals surface area contributed by atoms with Crippen LogP contribution in [0.3, 0.4) is 0 Å². The van der Waals surface area contributed by atoms with Crippen molar-refractivity contribution in [2.45, 2.75) is 57.8 Å². The second-order valence-corrected chi connectivity index (χ2v) is 6.62. The van der Waals surface area contributed by atoms with E-state index in [-0.39, 0.29) is 5.78 Å². The molecule has 0 amide bonds. The van der Waals surface area contributed by atoms with Gasteiger partial charge in [0.2, 0.25) is 0 Å². The maximum Gasteiger partial charge on any atom is 0.163 e. The van der Waals surface area contributed by atoms with E-state index in [1.165, 1.54) is 36.3 Å². The number of hydrogen-bond donors (Lipinski definition) is 0. The number of rotatable bonds is 9. The second-order valence-electron chi connectivity index (χ2n) is 5.45. The van der Waals surface area contributed by atoms with Gasteiger partial charge >= 0.3 is 0 Å². The molecule has 0 heterocycles. The maximum atomic E-state index is 11.9. The number of hydrogen-bond acceptors (Lipinski definition) is 2. The molecule has 0 bridgehead atoms. The lowest BCUT2D eigenvalue weighted by atomic mass is 10.0. The van der Waals surface area contributed by atoms with Gasteiger partial charge in [0, 0.05) is 16.9 Å². The molecule has 1 aromatic rings. The second kappa shape index (κ2) is 9.19. The number of carbonyl (C=O) groups is 1. The summed E-state index contributed by atoms with van der Waals surface area (Å²) in [5.74, 6) is 1.87. The molecule has 106 valence electrons. The minimum absolute atomic E-state index is 0.259. The topological polar surface area (TPSA) is 17.1 Å². The minimum Gasteiger partial charge on any atom is -0.294 e. The van der Waals surface area contributed by atoms with E-state index >= 15 is 0 Å². The molecule has 0 fully saturated rings. The summed E-state index contributed by atoms with van der Waals surface area (Å²) >= 11 is 1.89. The molecule has 0 aliphatic heterocycles. The SMILES string of the molecule is CCCCCCSc1ccc(C(=O)CC(C)C)cc1. The van der Waals surface area contributed by atoms with Crippen LogP contribution >= 0.6 is 11.8 Å². The molecular formula is C17H26OS. The van der Waals surface area contributed by atoms with Crippen LogP contribution < -0.4 is 0 Å². The third-order valence-electron chi connectivity index (χ3n) is 3.04. The fraction of sp³-hybridized carbons (Fsp3) is 0.588. The molecule has 0 radical (unpaired) electrons. The van der Waals surface area contributed by atoms with Crippen LogP contribution in [0.5, 0.6) is 0 Å². The Morgan fingerprint density at radius 2 is 1.79 bits per heavy atom. The van der Waals surface area contributed by atoms with E-state index in [1.807, 2.05) is 23.9 Å². The molecule has 19 heavy (non-hydrogen) atoms. The van der Waals surface area contributed by atoms with Crippen molar-refractivity contribution in [3.05, 3.63) is 29.8 Å². The van der Waals surface area contributed by atoms with E-state index in [2.05, 4.69) is 32.9 Å². The van der Waals surface area contributed by atoms with E-state index in [9.17, 15) is 4.79 Å². The zero-order valence-corrected chi connectivity index (χ0v) is 13.3. The van der Waals surface area contributed by atoms with Crippen molar-refractivity contribution < 1.29 is 4.79 Å². The molecule has 1 nitrogen and oxygen atoms in total.